The van der Waals surface area contributed by atoms with E-state index in [-0.39, 0.29) is 12.5 Å². The van der Waals surface area contributed by atoms with Crippen molar-refractivity contribution in [3.8, 4) is 0 Å². The zero-order chi connectivity index (χ0) is 11.3. The van der Waals surface area contributed by atoms with E-state index in [4.69, 9.17) is 5.11 Å². The maximum absolute atomic E-state index is 11.6. The fourth-order valence-corrected chi connectivity index (χ4v) is 1.72. The van der Waals surface area contributed by atoms with Crippen LogP contribution < -0.4 is 0 Å². The Kier molecular flexibility index (Phi) is 4.55. The molecule has 1 amide bonds. The smallest absolute Gasteiger partial charge is 0.323 e. The van der Waals surface area contributed by atoms with Gasteiger partial charge in [0.2, 0.25) is 5.91 Å². The van der Waals surface area contributed by atoms with Gasteiger partial charge < -0.3 is 10.0 Å². The standard InChI is InChI=1S/C10H18N2O3/c1-11(8-10(14)15)9(13)7-12-5-3-2-4-6-12/h2-8H2,1H3,(H,14,15). The van der Waals surface area contributed by atoms with Crippen LogP contribution in [-0.2, 0) is 9.59 Å². The van der Waals surface area contributed by atoms with Crippen LogP contribution in [0.25, 0.3) is 0 Å². The minimum absolute atomic E-state index is 0.112. The van der Waals surface area contributed by atoms with Gasteiger partial charge in [-0.05, 0) is 25.9 Å². The van der Waals surface area contributed by atoms with Crippen LogP contribution in [0.5, 0.6) is 0 Å². The topological polar surface area (TPSA) is 60.9 Å². The second-order valence-electron chi connectivity index (χ2n) is 3.98. The maximum Gasteiger partial charge on any atom is 0.323 e. The van der Waals surface area contributed by atoms with Crippen LogP contribution >= 0.6 is 0 Å². The summed E-state index contributed by atoms with van der Waals surface area (Å²) in [6.45, 7) is 2.04. The summed E-state index contributed by atoms with van der Waals surface area (Å²) in [6, 6.07) is 0. The van der Waals surface area contributed by atoms with Gasteiger partial charge in [0.1, 0.15) is 6.54 Å². The molecule has 0 aromatic rings. The van der Waals surface area contributed by atoms with Crippen molar-refractivity contribution in [2.24, 2.45) is 0 Å². The van der Waals surface area contributed by atoms with E-state index in [2.05, 4.69) is 4.90 Å². The largest absolute Gasteiger partial charge is 0.480 e. The Morgan fingerprint density at radius 3 is 2.40 bits per heavy atom. The highest BCUT2D eigenvalue weighted by molar-refractivity contribution is 5.82. The average molecular weight is 214 g/mol. The van der Waals surface area contributed by atoms with Crippen molar-refractivity contribution < 1.29 is 14.7 Å². The fourth-order valence-electron chi connectivity index (χ4n) is 1.72. The number of piperidine rings is 1. The van der Waals surface area contributed by atoms with E-state index in [1.807, 2.05) is 0 Å². The van der Waals surface area contributed by atoms with E-state index in [0.29, 0.717) is 6.54 Å². The zero-order valence-corrected chi connectivity index (χ0v) is 9.11. The Labute approximate surface area is 89.7 Å². The average Bonchev–Trinajstić information content (AvgIpc) is 2.18. The van der Waals surface area contributed by atoms with Crippen LogP contribution in [0.4, 0.5) is 0 Å². The van der Waals surface area contributed by atoms with E-state index < -0.39 is 5.97 Å². The van der Waals surface area contributed by atoms with Crippen molar-refractivity contribution in [1.29, 1.82) is 0 Å². The third-order valence-corrected chi connectivity index (χ3v) is 2.61. The number of carboxylic acids is 1. The van der Waals surface area contributed by atoms with Crippen molar-refractivity contribution in [2.45, 2.75) is 19.3 Å². The second-order valence-corrected chi connectivity index (χ2v) is 3.98. The summed E-state index contributed by atoms with van der Waals surface area (Å²) in [5.41, 5.74) is 0. The number of carbonyl (C=O) groups excluding carboxylic acids is 1. The zero-order valence-electron chi connectivity index (χ0n) is 9.11. The number of likely N-dealkylation sites (tertiary alicyclic amines) is 1. The molecule has 0 unspecified atom stereocenters. The van der Waals surface area contributed by atoms with Crippen LogP contribution in [0.15, 0.2) is 0 Å². The molecule has 15 heavy (non-hydrogen) atoms. The predicted molar refractivity (Wildman–Crippen MR) is 55.6 cm³/mol. The maximum atomic E-state index is 11.6. The van der Waals surface area contributed by atoms with Crippen LogP contribution in [0, 0.1) is 0 Å². The molecule has 1 fully saturated rings. The van der Waals surface area contributed by atoms with Gasteiger partial charge in [0.15, 0.2) is 0 Å². The van der Waals surface area contributed by atoms with E-state index in [1.165, 1.54) is 18.4 Å². The molecule has 0 bridgehead atoms. The van der Waals surface area contributed by atoms with Gasteiger partial charge in [-0.3, -0.25) is 14.5 Å². The molecular formula is C10H18N2O3. The molecule has 1 rings (SSSR count). The van der Waals surface area contributed by atoms with Crippen molar-refractivity contribution in [1.82, 2.24) is 9.80 Å². The molecule has 1 heterocycles. The molecule has 5 nitrogen and oxygen atoms in total. The normalized spacial score (nSPS) is 17.4. The van der Waals surface area contributed by atoms with Crippen LogP contribution in [-0.4, -0.2) is 60.0 Å². The Hall–Kier alpha value is -1.10. The van der Waals surface area contributed by atoms with Gasteiger partial charge in [-0.2, -0.15) is 0 Å². The third-order valence-electron chi connectivity index (χ3n) is 2.61. The van der Waals surface area contributed by atoms with Crippen molar-refractivity contribution >= 4 is 11.9 Å². The van der Waals surface area contributed by atoms with Crippen molar-refractivity contribution in [3.63, 3.8) is 0 Å². The fraction of sp³-hybridized carbons (Fsp3) is 0.800. The SMILES string of the molecule is CN(CC(=O)O)C(=O)CN1CCCCC1. The first-order valence-corrected chi connectivity index (χ1v) is 5.27. The highest BCUT2D eigenvalue weighted by Crippen LogP contribution is 2.08. The number of likely N-dealkylation sites (N-methyl/N-ethyl adjacent to an activating group) is 1. The summed E-state index contributed by atoms with van der Waals surface area (Å²) in [6.07, 6.45) is 3.50. The lowest BCUT2D eigenvalue weighted by Crippen LogP contribution is -2.42. The lowest BCUT2D eigenvalue weighted by atomic mass is 10.1. The molecule has 1 aliphatic rings. The van der Waals surface area contributed by atoms with Crippen molar-refractivity contribution in [3.05, 3.63) is 0 Å². The molecule has 1 aliphatic heterocycles. The Morgan fingerprint density at radius 1 is 1.27 bits per heavy atom. The van der Waals surface area contributed by atoms with E-state index in [0.717, 1.165) is 25.9 Å². The van der Waals surface area contributed by atoms with Crippen LogP contribution in [0.2, 0.25) is 0 Å². The molecule has 86 valence electrons. The first kappa shape index (κ1) is 12.0. The number of amides is 1. The Bertz CT molecular complexity index is 237. The van der Waals surface area contributed by atoms with Crippen LogP contribution in [0.1, 0.15) is 19.3 Å². The summed E-state index contributed by atoms with van der Waals surface area (Å²) in [4.78, 5) is 25.3. The first-order valence-electron chi connectivity index (χ1n) is 5.27. The molecule has 0 saturated carbocycles. The molecule has 0 aromatic carbocycles. The highest BCUT2D eigenvalue weighted by Gasteiger charge is 2.17. The predicted octanol–water partition coefficient (Wildman–Crippen LogP) is 0.0153. The molecular weight excluding hydrogens is 196 g/mol. The minimum atomic E-state index is -0.968. The van der Waals surface area contributed by atoms with Gasteiger partial charge in [0.25, 0.3) is 0 Å². The van der Waals surface area contributed by atoms with Gasteiger partial charge in [0, 0.05) is 7.05 Å². The monoisotopic (exact) mass is 214 g/mol. The third kappa shape index (κ3) is 4.29. The summed E-state index contributed by atoms with van der Waals surface area (Å²) < 4.78 is 0. The number of carboxylic acid groups (broad SMARTS) is 1. The van der Waals surface area contributed by atoms with E-state index in [1.54, 1.807) is 0 Å². The van der Waals surface area contributed by atoms with Gasteiger partial charge in [0.05, 0.1) is 6.54 Å². The van der Waals surface area contributed by atoms with Gasteiger partial charge in [-0.15, -0.1) is 0 Å². The molecule has 0 radical (unpaired) electrons. The molecule has 5 heteroatoms. The van der Waals surface area contributed by atoms with Gasteiger partial charge in [-0.25, -0.2) is 0 Å². The number of aliphatic carboxylic acids is 1. The van der Waals surface area contributed by atoms with E-state index >= 15 is 0 Å². The minimum Gasteiger partial charge on any atom is -0.480 e. The summed E-state index contributed by atoms with van der Waals surface area (Å²) >= 11 is 0. The highest BCUT2D eigenvalue weighted by atomic mass is 16.4. The number of carbonyl (C=O) groups is 2. The molecule has 0 aromatic heterocycles. The second kappa shape index (κ2) is 5.70. The Balaban J connectivity index is 2.30. The Morgan fingerprint density at radius 2 is 1.87 bits per heavy atom. The molecule has 1 N–H and O–H groups in total. The molecule has 0 spiro atoms. The number of hydrogen-bond donors (Lipinski definition) is 1. The quantitative estimate of drug-likeness (QED) is 0.716. The number of hydrogen-bond acceptors (Lipinski definition) is 3. The molecule has 0 aliphatic carbocycles. The van der Waals surface area contributed by atoms with Crippen molar-refractivity contribution in [2.75, 3.05) is 33.2 Å². The van der Waals surface area contributed by atoms with Crippen LogP contribution in [0.3, 0.4) is 0 Å². The first-order chi connectivity index (χ1) is 7.09. The lowest BCUT2D eigenvalue weighted by Gasteiger charge is -2.27. The number of nitrogens with zero attached hydrogens (tertiary/aromatic N) is 2. The summed E-state index contributed by atoms with van der Waals surface area (Å²) in [5.74, 6) is -1.08. The van der Waals surface area contributed by atoms with Gasteiger partial charge in [-0.1, -0.05) is 6.42 Å². The number of rotatable bonds is 4. The molecule has 0 atom stereocenters. The summed E-state index contributed by atoms with van der Waals surface area (Å²) in [5, 5.41) is 8.53. The molecule has 1 saturated heterocycles. The van der Waals surface area contributed by atoms with Gasteiger partial charge >= 0.3 is 5.97 Å². The van der Waals surface area contributed by atoms with E-state index in [9.17, 15) is 9.59 Å². The summed E-state index contributed by atoms with van der Waals surface area (Å²) in [7, 11) is 1.53. The lowest BCUT2D eigenvalue weighted by molar-refractivity contribution is -0.143.